The van der Waals surface area contributed by atoms with Gasteiger partial charge in [0.25, 0.3) is 5.91 Å². The van der Waals surface area contributed by atoms with Crippen molar-refractivity contribution in [3.05, 3.63) is 30.1 Å². The van der Waals surface area contributed by atoms with Crippen LogP contribution in [0, 0.1) is 5.82 Å². The number of benzene rings is 1. The zero-order valence-electron chi connectivity index (χ0n) is 9.69. The fraction of sp³-hybridized carbons (Fsp3) is 0.333. The summed E-state index contributed by atoms with van der Waals surface area (Å²) in [4.78, 5) is 24.2. The van der Waals surface area contributed by atoms with Gasteiger partial charge in [0, 0.05) is 19.2 Å². The average molecular weight is 252 g/mol. The SMILES string of the molecule is O=C1CN(C(=O)COc2cccc(F)c2)CCN1. The first kappa shape index (κ1) is 12.3. The van der Waals surface area contributed by atoms with Crippen molar-refractivity contribution in [1.82, 2.24) is 10.2 Å². The second-order valence-corrected chi connectivity index (χ2v) is 3.91. The molecule has 1 aliphatic rings. The first-order valence-electron chi connectivity index (χ1n) is 5.58. The average Bonchev–Trinajstić information content (AvgIpc) is 2.36. The molecule has 0 saturated carbocycles. The van der Waals surface area contributed by atoms with Crippen LogP contribution in [0.25, 0.3) is 0 Å². The number of halogens is 1. The molecule has 96 valence electrons. The highest BCUT2D eigenvalue weighted by Crippen LogP contribution is 2.11. The molecule has 2 amide bonds. The minimum atomic E-state index is -0.419. The minimum absolute atomic E-state index is 0.0470. The number of ether oxygens (including phenoxy) is 1. The molecule has 5 nitrogen and oxygen atoms in total. The summed E-state index contributed by atoms with van der Waals surface area (Å²) in [5.41, 5.74) is 0. The largest absolute Gasteiger partial charge is 0.484 e. The lowest BCUT2D eigenvalue weighted by molar-refractivity contribution is -0.139. The topological polar surface area (TPSA) is 58.6 Å². The highest BCUT2D eigenvalue weighted by Gasteiger charge is 2.21. The van der Waals surface area contributed by atoms with E-state index in [4.69, 9.17) is 4.74 Å². The molecular weight excluding hydrogens is 239 g/mol. The highest BCUT2D eigenvalue weighted by molar-refractivity contribution is 5.86. The van der Waals surface area contributed by atoms with Gasteiger partial charge >= 0.3 is 0 Å². The standard InChI is InChI=1S/C12H13FN2O3/c13-9-2-1-3-10(6-9)18-8-12(17)15-5-4-14-11(16)7-15/h1-3,6H,4-5,7-8H2,(H,14,16). The second-order valence-electron chi connectivity index (χ2n) is 3.91. The van der Waals surface area contributed by atoms with E-state index in [1.807, 2.05) is 0 Å². The van der Waals surface area contributed by atoms with E-state index in [0.29, 0.717) is 18.8 Å². The van der Waals surface area contributed by atoms with Crippen molar-refractivity contribution < 1.29 is 18.7 Å². The quantitative estimate of drug-likeness (QED) is 0.834. The number of carbonyl (C=O) groups excluding carboxylic acids is 2. The van der Waals surface area contributed by atoms with Gasteiger partial charge in [0.05, 0.1) is 6.54 Å². The molecule has 1 saturated heterocycles. The summed E-state index contributed by atoms with van der Waals surface area (Å²) in [7, 11) is 0. The van der Waals surface area contributed by atoms with Gasteiger partial charge in [-0.1, -0.05) is 6.07 Å². The third-order valence-corrected chi connectivity index (χ3v) is 2.55. The van der Waals surface area contributed by atoms with Gasteiger partial charge in [-0.05, 0) is 12.1 Å². The Bertz CT molecular complexity index is 464. The first-order valence-corrected chi connectivity index (χ1v) is 5.58. The molecule has 1 heterocycles. The van der Waals surface area contributed by atoms with Crippen LogP contribution in [-0.4, -0.2) is 43.0 Å². The molecule has 2 rings (SSSR count). The van der Waals surface area contributed by atoms with Gasteiger partial charge in [0.1, 0.15) is 11.6 Å². The van der Waals surface area contributed by atoms with Crippen LogP contribution in [0.5, 0.6) is 5.75 Å². The molecule has 0 aliphatic carbocycles. The van der Waals surface area contributed by atoms with Crippen LogP contribution in [0.15, 0.2) is 24.3 Å². The number of rotatable bonds is 3. The van der Waals surface area contributed by atoms with E-state index in [2.05, 4.69) is 5.32 Å². The molecule has 1 aliphatic heterocycles. The van der Waals surface area contributed by atoms with Gasteiger partial charge in [-0.15, -0.1) is 0 Å². The monoisotopic (exact) mass is 252 g/mol. The Morgan fingerprint density at radius 2 is 2.33 bits per heavy atom. The molecule has 1 aromatic carbocycles. The predicted molar refractivity (Wildman–Crippen MR) is 61.5 cm³/mol. The van der Waals surface area contributed by atoms with Crippen LogP contribution >= 0.6 is 0 Å². The van der Waals surface area contributed by atoms with Crippen LogP contribution in [0.4, 0.5) is 4.39 Å². The third kappa shape index (κ3) is 3.19. The van der Waals surface area contributed by atoms with E-state index in [9.17, 15) is 14.0 Å². The fourth-order valence-corrected chi connectivity index (χ4v) is 1.64. The molecule has 0 radical (unpaired) electrons. The molecule has 0 aromatic heterocycles. The summed E-state index contributed by atoms with van der Waals surface area (Å²) in [5, 5.41) is 2.62. The number of amides is 2. The molecule has 1 fully saturated rings. The molecule has 1 aromatic rings. The maximum absolute atomic E-state index is 12.9. The van der Waals surface area contributed by atoms with E-state index >= 15 is 0 Å². The lowest BCUT2D eigenvalue weighted by atomic mass is 10.3. The van der Waals surface area contributed by atoms with Gasteiger partial charge in [-0.3, -0.25) is 9.59 Å². The lowest BCUT2D eigenvalue weighted by Gasteiger charge is -2.26. The fourth-order valence-electron chi connectivity index (χ4n) is 1.64. The van der Waals surface area contributed by atoms with Gasteiger partial charge in [0.15, 0.2) is 6.61 Å². The van der Waals surface area contributed by atoms with Crippen molar-refractivity contribution in [3.63, 3.8) is 0 Å². The number of nitrogens with one attached hydrogen (secondary N) is 1. The Morgan fingerprint density at radius 3 is 3.06 bits per heavy atom. The van der Waals surface area contributed by atoms with Gasteiger partial charge in [0.2, 0.25) is 5.91 Å². The Kier molecular flexibility index (Phi) is 3.76. The van der Waals surface area contributed by atoms with Crippen molar-refractivity contribution in [1.29, 1.82) is 0 Å². The van der Waals surface area contributed by atoms with Crippen molar-refractivity contribution in [2.45, 2.75) is 0 Å². The summed E-state index contributed by atoms with van der Waals surface area (Å²) in [6.45, 7) is 0.768. The molecular formula is C12H13FN2O3. The van der Waals surface area contributed by atoms with E-state index in [1.54, 1.807) is 6.07 Å². The Labute approximate surface area is 104 Å². The second kappa shape index (κ2) is 5.48. The zero-order chi connectivity index (χ0) is 13.0. The van der Waals surface area contributed by atoms with Crippen molar-refractivity contribution in [2.24, 2.45) is 0 Å². The molecule has 1 N–H and O–H groups in total. The summed E-state index contributed by atoms with van der Waals surface area (Å²) in [5.74, 6) is -0.587. The normalized spacial score (nSPS) is 15.2. The van der Waals surface area contributed by atoms with Crippen molar-refractivity contribution in [2.75, 3.05) is 26.2 Å². The van der Waals surface area contributed by atoms with E-state index in [1.165, 1.54) is 23.1 Å². The number of hydrogen-bond acceptors (Lipinski definition) is 3. The Balaban J connectivity index is 1.86. The van der Waals surface area contributed by atoms with Crippen LogP contribution in [-0.2, 0) is 9.59 Å². The Morgan fingerprint density at radius 1 is 1.50 bits per heavy atom. The van der Waals surface area contributed by atoms with Crippen molar-refractivity contribution in [3.8, 4) is 5.75 Å². The van der Waals surface area contributed by atoms with Crippen LogP contribution < -0.4 is 10.1 Å². The minimum Gasteiger partial charge on any atom is -0.484 e. The molecule has 0 unspecified atom stereocenters. The number of carbonyl (C=O) groups is 2. The van der Waals surface area contributed by atoms with Crippen LogP contribution in [0.3, 0.4) is 0 Å². The predicted octanol–water partition coefficient (Wildman–Crippen LogP) is 0.163. The molecule has 6 heteroatoms. The molecule has 0 bridgehead atoms. The number of piperazine rings is 1. The maximum Gasteiger partial charge on any atom is 0.261 e. The smallest absolute Gasteiger partial charge is 0.261 e. The van der Waals surface area contributed by atoms with E-state index < -0.39 is 5.82 Å². The first-order chi connectivity index (χ1) is 8.65. The molecule has 0 atom stereocenters. The number of hydrogen-bond donors (Lipinski definition) is 1. The van der Waals surface area contributed by atoms with Gasteiger partial charge in [-0.25, -0.2) is 4.39 Å². The van der Waals surface area contributed by atoms with Gasteiger partial charge in [-0.2, -0.15) is 0 Å². The van der Waals surface area contributed by atoms with Gasteiger partial charge < -0.3 is 15.0 Å². The van der Waals surface area contributed by atoms with Crippen LogP contribution in [0.1, 0.15) is 0 Å². The summed E-state index contributed by atoms with van der Waals surface area (Å²) in [6.07, 6.45) is 0. The van der Waals surface area contributed by atoms with Crippen molar-refractivity contribution >= 4 is 11.8 Å². The third-order valence-electron chi connectivity index (χ3n) is 2.55. The summed E-state index contributed by atoms with van der Waals surface area (Å²) in [6, 6.07) is 5.57. The zero-order valence-corrected chi connectivity index (χ0v) is 9.69. The Hall–Kier alpha value is -2.11. The summed E-state index contributed by atoms with van der Waals surface area (Å²) >= 11 is 0. The highest BCUT2D eigenvalue weighted by atomic mass is 19.1. The maximum atomic E-state index is 12.9. The van der Waals surface area contributed by atoms with E-state index in [-0.39, 0.29) is 25.0 Å². The van der Waals surface area contributed by atoms with E-state index in [0.717, 1.165) is 0 Å². The molecule has 0 spiro atoms. The number of nitrogens with zero attached hydrogens (tertiary/aromatic N) is 1. The molecule has 18 heavy (non-hydrogen) atoms. The lowest BCUT2D eigenvalue weighted by Crippen LogP contribution is -2.51. The van der Waals surface area contributed by atoms with Crippen LogP contribution in [0.2, 0.25) is 0 Å². The summed E-state index contributed by atoms with van der Waals surface area (Å²) < 4.78 is 18.0.